The number of rotatable bonds is 8. The van der Waals surface area contributed by atoms with Crippen LogP contribution in [0.1, 0.15) is 21.7 Å². The molecule has 0 aliphatic rings. The molecule has 27 heavy (non-hydrogen) atoms. The Kier molecular flexibility index (Phi) is 6.25. The highest BCUT2D eigenvalue weighted by Crippen LogP contribution is 2.16. The lowest BCUT2D eigenvalue weighted by atomic mass is 10.2. The predicted molar refractivity (Wildman–Crippen MR) is 98.1 cm³/mol. The number of ether oxygens (including phenoxy) is 2. The third-order valence-corrected chi connectivity index (χ3v) is 3.74. The number of para-hydroxylation sites is 1. The fraction of sp³-hybridized carbons (Fsp3) is 0.143. The van der Waals surface area contributed by atoms with E-state index in [1.165, 1.54) is 6.26 Å². The van der Waals surface area contributed by atoms with Crippen LogP contribution in [0.3, 0.4) is 0 Å². The molecule has 0 atom stereocenters. The Labute approximate surface area is 156 Å². The minimum atomic E-state index is -0.707. The van der Waals surface area contributed by atoms with Crippen LogP contribution in [0.25, 0.3) is 0 Å². The van der Waals surface area contributed by atoms with E-state index in [0.29, 0.717) is 17.9 Å². The summed E-state index contributed by atoms with van der Waals surface area (Å²) in [5.41, 5.74) is 1.51. The fourth-order valence-electron chi connectivity index (χ4n) is 2.35. The largest absolute Gasteiger partial charge is 0.489 e. The number of carbonyl (C=O) groups is 2. The van der Waals surface area contributed by atoms with Gasteiger partial charge in [-0.05, 0) is 23.8 Å². The van der Waals surface area contributed by atoms with Gasteiger partial charge in [0.05, 0.1) is 6.26 Å². The van der Waals surface area contributed by atoms with Gasteiger partial charge in [0.25, 0.3) is 5.91 Å². The summed E-state index contributed by atoms with van der Waals surface area (Å²) in [7, 11) is 0. The molecular formula is C21H19NO5. The Bertz CT molecular complexity index is 874. The molecule has 6 nitrogen and oxygen atoms in total. The summed E-state index contributed by atoms with van der Waals surface area (Å²) in [6, 6.07) is 20.3. The van der Waals surface area contributed by atoms with E-state index < -0.39 is 5.97 Å². The van der Waals surface area contributed by atoms with Crippen LogP contribution in [0.5, 0.6) is 5.75 Å². The highest BCUT2D eigenvalue weighted by atomic mass is 16.5. The molecule has 0 saturated heterocycles. The Morgan fingerprint density at radius 1 is 0.926 bits per heavy atom. The molecule has 3 rings (SSSR count). The van der Waals surface area contributed by atoms with Gasteiger partial charge in [-0.25, -0.2) is 4.79 Å². The first-order chi connectivity index (χ1) is 13.2. The number of nitrogens with one attached hydrogen (secondary N) is 1. The van der Waals surface area contributed by atoms with Gasteiger partial charge in [-0.2, -0.15) is 0 Å². The van der Waals surface area contributed by atoms with Gasteiger partial charge in [-0.3, -0.25) is 4.79 Å². The third-order valence-electron chi connectivity index (χ3n) is 3.74. The van der Waals surface area contributed by atoms with Crippen LogP contribution in [0.2, 0.25) is 0 Å². The first kappa shape index (κ1) is 18.3. The van der Waals surface area contributed by atoms with Gasteiger partial charge in [0, 0.05) is 12.1 Å². The van der Waals surface area contributed by atoms with Crippen molar-refractivity contribution in [3.05, 3.63) is 89.9 Å². The van der Waals surface area contributed by atoms with Crippen molar-refractivity contribution in [2.24, 2.45) is 0 Å². The number of benzene rings is 2. The van der Waals surface area contributed by atoms with Crippen LogP contribution in [0, 0.1) is 0 Å². The van der Waals surface area contributed by atoms with Gasteiger partial charge in [0.15, 0.2) is 6.61 Å². The summed E-state index contributed by atoms with van der Waals surface area (Å²) in [5, 5.41) is 2.69. The minimum Gasteiger partial charge on any atom is -0.489 e. The summed E-state index contributed by atoms with van der Waals surface area (Å²) < 4.78 is 15.8. The number of furan rings is 1. The summed E-state index contributed by atoms with van der Waals surface area (Å²) in [6.45, 7) is 0.143. The molecule has 1 N–H and O–H groups in total. The molecule has 0 radical (unpaired) electrons. The maximum Gasteiger partial charge on any atom is 0.375 e. The van der Waals surface area contributed by atoms with Crippen molar-refractivity contribution in [1.82, 2.24) is 5.32 Å². The van der Waals surface area contributed by atoms with Crippen molar-refractivity contribution in [2.75, 3.05) is 6.61 Å². The van der Waals surface area contributed by atoms with Crippen LogP contribution >= 0.6 is 0 Å². The third kappa shape index (κ3) is 5.47. The Morgan fingerprint density at radius 2 is 1.63 bits per heavy atom. The molecule has 0 unspecified atom stereocenters. The number of amides is 1. The van der Waals surface area contributed by atoms with Crippen molar-refractivity contribution in [3.63, 3.8) is 0 Å². The second-order valence-electron chi connectivity index (χ2n) is 5.72. The molecule has 1 amide bonds. The summed E-state index contributed by atoms with van der Waals surface area (Å²) in [5.74, 6) is -0.387. The number of hydrogen-bond acceptors (Lipinski definition) is 5. The molecule has 0 saturated carbocycles. The standard InChI is InChI=1S/C21H19NO5/c23-19(22-13-16-7-3-1-4-8-16)15-27-21(24)20-17(11-12-25-20)14-26-18-9-5-2-6-10-18/h1-12H,13-15H2,(H,22,23). The number of carbonyl (C=O) groups excluding carboxylic acids is 2. The summed E-state index contributed by atoms with van der Waals surface area (Å²) in [6.07, 6.45) is 1.38. The Morgan fingerprint density at radius 3 is 2.37 bits per heavy atom. The van der Waals surface area contributed by atoms with Crippen LogP contribution in [-0.2, 0) is 22.7 Å². The van der Waals surface area contributed by atoms with E-state index in [0.717, 1.165) is 5.56 Å². The zero-order valence-corrected chi connectivity index (χ0v) is 14.6. The van der Waals surface area contributed by atoms with E-state index in [1.807, 2.05) is 60.7 Å². The van der Waals surface area contributed by atoms with Gasteiger partial charge < -0.3 is 19.2 Å². The number of esters is 1. The van der Waals surface area contributed by atoms with E-state index in [1.54, 1.807) is 6.07 Å². The van der Waals surface area contributed by atoms with Crippen molar-refractivity contribution in [2.45, 2.75) is 13.2 Å². The Balaban J connectivity index is 1.47. The van der Waals surface area contributed by atoms with Gasteiger partial charge in [0.1, 0.15) is 12.4 Å². The zero-order chi connectivity index (χ0) is 18.9. The molecule has 0 bridgehead atoms. The van der Waals surface area contributed by atoms with Crippen molar-refractivity contribution < 1.29 is 23.5 Å². The lowest BCUT2D eigenvalue weighted by Gasteiger charge is -2.08. The monoisotopic (exact) mass is 365 g/mol. The molecule has 1 heterocycles. The maximum absolute atomic E-state index is 12.2. The summed E-state index contributed by atoms with van der Waals surface area (Å²) >= 11 is 0. The van der Waals surface area contributed by atoms with Crippen LogP contribution < -0.4 is 10.1 Å². The predicted octanol–water partition coefficient (Wildman–Crippen LogP) is 3.33. The molecular weight excluding hydrogens is 346 g/mol. The Hall–Kier alpha value is -3.54. The molecule has 0 spiro atoms. The second kappa shape index (κ2) is 9.24. The topological polar surface area (TPSA) is 77.8 Å². The molecule has 6 heteroatoms. The molecule has 138 valence electrons. The molecule has 0 aliphatic carbocycles. The first-order valence-corrected chi connectivity index (χ1v) is 8.44. The van der Waals surface area contributed by atoms with Crippen LogP contribution in [-0.4, -0.2) is 18.5 Å². The van der Waals surface area contributed by atoms with Crippen LogP contribution in [0.4, 0.5) is 0 Å². The molecule has 0 fully saturated rings. The normalized spacial score (nSPS) is 10.2. The average Bonchev–Trinajstić information content (AvgIpc) is 3.19. The molecule has 3 aromatic rings. The minimum absolute atomic E-state index is 0.0294. The molecule has 0 aliphatic heterocycles. The van der Waals surface area contributed by atoms with E-state index >= 15 is 0 Å². The maximum atomic E-state index is 12.2. The highest BCUT2D eigenvalue weighted by Gasteiger charge is 2.18. The SMILES string of the molecule is O=C(COC(=O)c1occc1COc1ccccc1)NCc1ccccc1. The van der Waals surface area contributed by atoms with E-state index in [9.17, 15) is 9.59 Å². The smallest absolute Gasteiger partial charge is 0.375 e. The zero-order valence-electron chi connectivity index (χ0n) is 14.6. The number of hydrogen-bond donors (Lipinski definition) is 1. The molecule has 2 aromatic carbocycles. The van der Waals surface area contributed by atoms with Crippen molar-refractivity contribution in [3.8, 4) is 5.75 Å². The highest BCUT2D eigenvalue weighted by molar-refractivity contribution is 5.90. The fourth-order valence-corrected chi connectivity index (χ4v) is 2.35. The van der Waals surface area contributed by atoms with Gasteiger partial charge >= 0.3 is 5.97 Å². The van der Waals surface area contributed by atoms with Gasteiger partial charge in [-0.15, -0.1) is 0 Å². The van der Waals surface area contributed by atoms with E-state index in [4.69, 9.17) is 13.9 Å². The van der Waals surface area contributed by atoms with E-state index in [-0.39, 0.29) is 24.9 Å². The lowest BCUT2D eigenvalue weighted by molar-refractivity contribution is -0.124. The lowest BCUT2D eigenvalue weighted by Crippen LogP contribution is -2.28. The van der Waals surface area contributed by atoms with Gasteiger partial charge in [-0.1, -0.05) is 48.5 Å². The van der Waals surface area contributed by atoms with Crippen LogP contribution in [0.15, 0.2) is 77.4 Å². The summed E-state index contributed by atoms with van der Waals surface area (Å²) in [4.78, 5) is 24.0. The quantitative estimate of drug-likeness (QED) is 0.620. The molecule has 1 aromatic heterocycles. The van der Waals surface area contributed by atoms with Crippen molar-refractivity contribution >= 4 is 11.9 Å². The van der Waals surface area contributed by atoms with Crippen molar-refractivity contribution in [1.29, 1.82) is 0 Å². The average molecular weight is 365 g/mol. The second-order valence-corrected chi connectivity index (χ2v) is 5.72. The van der Waals surface area contributed by atoms with Gasteiger partial charge in [0.2, 0.25) is 5.76 Å². The first-order valence-electron chi connectivity index (χ1n) is 8.44. The van der Waals surface area contributed by atoms with E-state index in [2.05, 4.69) is 5.32 Å².